The van der Waals surface area contributed by atoms with Gasteiger partial charge in [-0.15, -0.1) is 5.10 Å². The molecule has 0 N–H and O–H groups in total. The highest BCUT2D eigenvalue weighted by Crippen LogP contribution is 2.49. The minimum absolute atomic E-state index is 0.208. The lowest BCUT2D eigenvalue weighted by atomic mass is 9.84. The van der Waals surface area contributed by atoms with Crippen molar-refractivity contribution in [2.75, 3.05) is 0 Å². The molecule has 0 fully saturated rings. The summed E-state index contributed by atoms with van der Waals surface area (Å²) in [5, 5.41) is 10.1. The third-order valence-electron chi connectivity index (χ3n) is 6.33. The Morgan fingerprint density at radius 3 is 2.64 bits per heavy atom. The van der Waals surface area contributed by atoms with E-state index in [4.69, 9.17) is 26.4 Å². The molecule has 0 radical (unpaired) electrons. The Labute approximate surface area is 210 Å². The van der Waals surface area contributed by atoms with E-state index in [1.807, 2.05) is 61.5 Å². The molecule has 2 aromatic carbocycles. The van der Waals surface area contributed by atoms with Gasteiger partial charge in [-0.25, -0.2) is 19.2 Å². The molecule has 7 rings (SSSR count). The Morgan fingerprint density at radius 2 is 1.83 bits per heavy atom. The van der Waals surface area contributed by atoms with Crippen molar-refractivity contribution in [3.05, 3.63) is 113 Å². The predicted molar refractivity (Wildman–Crippen MR) is 135 cm³/mol. The van der Waals surface area contributed by atoms with Crippen LogP contribution in [0.25, 0.3) is 22.7 Å². The van der Waals surface area contributed by atoms with Crippen LogP contribution in [0.5, 0.6) is 11.8 Å². The number of hydrogen-bond donors (Lipinski definition) is 0. The molecule has 6 aromatic rings. The molecule has 0 saturated heterocycles. The van der Waals surface area contributed by atoms with Crippen molar-refractivity contribution >= 4 is 17.2 Å². The van der Waals surface area contributed by atoms with Gasteiger partial charge >= 0.3 is 0 Å². The number of rotatable bonds is 3. The maximum absolute atomic E-state index is 6.45. The van der Waals surface area contributed by atoms with Crippen molar-refractivity contribution in [2.24, 2.45) is 0 Å². The molecule has 1 aliphatic rings. The van der Waals surface area contributed by atoms with E-state index >= 15 is 0 Å². The Balaban J connectivity index is 1.49. The van der Waals surface area contributed by atoms with E-state index in [-0.39, 0.29) is 5.92 Å². The molecule has 0 saturated carbocycles. The minimum atomic E-state index is -0.208. The van der Waals surface area contributed by atoms with E-state index in [9.17, 15) is 0 Å². The highest BCUT2D eigenvalue weighted by atomic mass is 35.5. The van der Waals surface area contributed by atoms with Crippen molar-refractivity contribution in [3.8, 4) is 28.8 Å². The van der Waals surface area contributed by atoms with E-state index < -0.39 is 0 Å². The van der Waals surface area contributed by atoms with E-state index in [0.29, 0.717) is 28.3 Å². The highest BCUT2D eigenvalue weighted by molar-refractivity contribution is 6.30. The Hall–Kier alpha value is -4.56. The zero-order valence-corrected chi connectivity index (χ0v) is 19.8. The fraction of sp³-hybridized carbons (Fsp3) is 0.0741. The largest absolute Gasteiger partial charge is 0.420 e. The Kier molecular flexibility index (Phi) is 4.62. The second kappa shape index (κ2) is 8.00. The van der Waals surface area contributed by atoms with Gasteiger partial charge in [0.1, 0.15) is 6.33 Å². The molecule has 5 heterocycles. The standard InChI is InChI=1S/C27H18ClN7O/c1-16-21-22(17-7-3-2-4-8-17)23-25-31-24(18-9-6-12-29-14-18)33-34(25)15-30-26(23)36-27(21)35(32-16)20-11-5-10-19(28)13-20/h2-15,22H,1H3/t22-/m1/s1. The molecular weight excluding hydrogens is 474 g/mol. The lowest BCUT2D eigenvalue weighted by Gasteiger charge is -2.26. The van der Waals surface area contributed by atoms with Gasteiger partial charge in [-0.1, -0.05) is 48.0 Å². The van der Waals surface area contributed by atoms with Crippen LogP contribution in [0.2, 0.25) is 5.02 Å². The lowest BCUT2D eigenvalue weighted by molar-refractivity contribution is 0.402. The molecule has 0 bridgehead atoms. The number of halogens is 1. The van der Waals surface area contributed by atoms with Crippen molar-refractivity contribution in [1.82, 2.24) is 34.3 Å². The number of aryl methyl sites for hydroxylation is 1. The summed E-state index contributed by atoms with van der Waals surface area (Å²) in [7, 11) is 0. The molecule has 0 unspecified atom stereocenters. The number of fused-ring (bicyclic) bond motifs is 4. The zero-order valence-electron chi connectivity index (χ0n) is 19.1. The lowest BCUT2D eigenvalue weighted by Crippen LogP contribution is -2.16. The smallest absolute Gasteiger partial charge is 0.230 e. The van der Waals surface area contributed by atoms with Crippen LogP contribution in [0.15, 0.2) is 85.5 Å². The summed E-state index contributed by atoms with van der Waals surface area (Å²) in [5.74, 6) is 1.44. The molecule has 1 atom stereocenters. The van der Waals surface area contributed by atoms with Crippen molar-refractivity contribution < 1.29 is 4.74 Å². The maximum atomic E-state index is 6.45. The van der Waals surface area contributed by atoms with E-state index in [1.165, 1.54) is 0 Å². The highest BCUT2D eigenvalue weighted by Gasteiger charge is 2.38. The van der Waals surface area contributed by atoms with Crippen LogP contribution in [0.3, 0.4) is 0 Å². The summed E-state index contributed by atoms with van der Waals surface area (Å²) < 4.78 is 9.93. The van der Waals surface area contributed by atoms with Gasteiger partial charge in [-0.05, 0) is 42.8 Å². The molecule has 4 aromatic heterocycles. The molecule has 1 aliphatic heterocycles. The van der Waals surface area contributed by atoms with Crippen molar-refractivity contribution in [3.63, 3.8) is 0 Å². The molecular formula is C27H18ClN7O. The molecule has 8 nitrogen and oxygen atoms in total. The summed E-state index contributed by atoms with van der Waals surface area (Å²) in [6, 6.07) is 21.6. The summed E-state index contributed by atoms with van der Waals surface area (Å²) in [6.07, 6.45) is 5.10. The van der Waals surface area contributed by atoms with Crippen LogP contribution in [-0.2, 0) is 0 Å². The topological polar surface area (TPSA) is 83.0 Å². The number of benzene rings is 2. The van der Waals surface area contributed by atoms with Gasteiger partial charge in [-0.2, -0.15) is 5.10 Å². The molecule has 9 heteroatoms. The van der Waals surface area contributed by atoms with Gasteiger partial charge in [-0.3, -0.25) is 4.98 Å². The van der Waals surface area contributed by atoms with E-state index in [2.05, 4.69) is 27.2 Å². The van der Waals surface area contributed by atoms with Crippen LogP contribution < -0.4 is 4.74 Å². The second-order valence-electron chi connectivity index (χ2n) is 8.55. The van der Waals surface area contributed by atoms with Crippen LogP contribution in [-0.4, -0.2) is 34.3 Å². The van der Waals surface area contributed by atoms with Crippen LogP contribution in [0, 0.1) is 6.92 Å². The van der Waals surface area contributed by atoms with Gasteiger partial charge in [0.2, 0.25) is 11.8 Å². The van der Waals surface area contributed by atoms with E-state index in [0.717, 1.165) is 33.6 Å². The number of pyridine rings is 1. The third-order valence-corrected chi connectivity index (χ3v) is 6.56. The van der Waals surface area contributed by atoms with Gasteiger partial charge in [0.15, 0.2) is 11.5 Å². The Bertz CT molecular complexity index is 1750. The van der Waals surface area contributed by atoms with Crippen LogP contribution >= 0.6 is 11.6 Å². The van der Waals surface area contributed by atoms with Gasteiger partial charge in [0.05, 0.1) is 28.4 Å². The number of ether oxygens (including phenoxy) is 1. The number of nitrogens with zero attached hydrogens (tertiary/aromatic N) is 7. The van der Waals surface area contributed by atoms with Crippen LogP contribution in [0.1, 0.15) is 28.3 Å². The first-order chi connectivity index (χ1) is 17.7. The summed E-state index contributed by atoms with van der Waals surface area (Å²) in [6.45, 7) is 1.99. The Morgan fingerprint density at radius 1 is 0.944 bits per heavy atom. The maximum Gasteiger partial charge on any atom is 0.230 e. The summed E-state index contributed by atoms with van der Waals surface area (Å²) in [4.78, 5) is 13.8. The molecule has 36 heavy (non-hydrogen) atoms. The predicted octanol–water partition coefficient (Wildman–Crippen LogP) is 5.62. The van der Waals surface area contributed by atoms with Gasteiger partial charge < -0.3 is 4.74 Å². The summed E-state index contributed by atoms with van der Waals surface area (Å²) >= 11 is 6.29. The third kappa shape index (κ3) is 3.19. The zero-order chi connectivity index (χ0) is 24.2. The number of hydrogen-bond acceptors (Lipinski definition) is 6. The quantitative estimate of drug-likeness (QED) is 0.319. The SMILES string of the molecule is Cc1nn(-c2cccc(Cl)c2)c2c1[C@@H](c1ccccc1)c1c(ncn3nc(-c4cccnc4)nc13)O2. The molecule has 0 spiro atoms. The van der Waals surface area contributed by atoms with Crippen molar-refractivity contribution in [2.45, 2.75) is 12.8 Å². The fourth-order valence-corrected chi connectivity index (χ4v) is 4.94. The first-order valence-corrected chi connectivity index (χ1v) is 11.8. The van der Waals surface area contributed by atoms with Crippen LogP contribution in [0.4, 0.5) is 0 Å². The number of aromatic nitrogens is 7. The van der Waals surface area contributed by atoms with Gasteiger partial charge in [0.25, 0.3) is 0 Å². The summed E-state index contributed by atoms with van der Waals surface area (Å²) in [5.41, 5.74) is 6.03. The first-order valence-electron chi connectivity index (χ1n) is 11.4. The second-order valence-corrected chi connectivity index (χ2v) is 8.99. The minimum Gasteiger partial charge on any atom is -0.420 e. The molecule has 0 aliphatic carbocycles. The average molecular weight is 492 g/mol. The van der Waals surface area contributed by atoms with E-state index in [1.54, 1.807) is 27.9 Å². The fourth-order valence-electron chi connectivity index (χ4n) is 4.76. The molecule has 174 valence electrons. The normalized spacial score (nSPS) is 14.3. The molecule has 0 amide bonds. The first kappa shape index (κ1) is 20.8. The monoisotopic (exact) mass is 491 g/mol. The van der Waals surface area contributed by atoms with Crippen molar-refractivity contribution in [1.29, 1.82) is 0 Å². The average Bonchev–Trinajstić information content (AvgIpc) is 3.50. The van der Waals surface area contributed by atoms with Gasteiger partial charge in [0, 0.05) is 23.0 Å².